The molecule has 1 heterocycles. The quantitative estimate of drug-likeness (QED) is 0.434. The number of rotatable bonds is 8. The van der Waals surface area contributed by atoms with Crippen LogP contribution in [0.25, 0.3) is 0 Å². The summed E-state index contributed by atoms with van der Waals surface area (Å²) in [5, 5.41) is 0. The van der Waals surface area contributed by atoms with Gasteiger partial charge in [0, 0.05) is 18.0 Å². The zero-order valence-electron chi connectivity index (χ0n) is 15.6. The number of hydrogen-bond donors (Lipinski definition) is 0. The number of pyridine rings is 1. The zero-order chi connectivity index (χ0) is 20.5. The summed E-state index contributed by atoms with van der Waals surface area (Å²) in [6, 6.07) is 19.0. The second-order valence-corrected chi connectivity index (χ2v) is 6.26. The fourth-order valence-corrected chi connectivity index (χ4v) is 2.54. The van der Waals surface area contributed by atoms with Crippen LogP contribution in [0.5, 0.6) is 0 Å². The van der Waals surface area contributed by atoms with Gasteiger partial charge in [-0.15, -0.1) is 0 Å². The van der Waals surface area contributed by atoms with Crippen LogP contribution in [0.2, 0.25) is 0 Å². The molecule has 1 aromatic heterocycles. The Kier molecular flexibility index (Phi) is 6.84. The van der Waals surface area contributed by atoms with Crippen LogP contribution in [0.3, 0.4) is 0 Å². The minimum Gasteiger partial charge on any atom is -0.457 e. The number of ketones is 1. The number of carbonyl (C=O) groups excluding carboxylic acids is 3. The van der Waals surface area contributed by atoms with E-state index in [1.165, 1.54) is 6.20 Å². The lowest BCUT2D eigenvalue weighted by Gasteiger charge is -2.07. The molecule has 2 aromatic carbocycles. The SMILES string of the molecule is O=C(Cc1ccc(COC(=O)c2cccnc2)cc1)OCC(=O)c1ccccc1. The Labute approximate surface area is 168 Å². The van der Waals surface area contributed by atoms with E-state index in [4.69, 9.17) is 9.47 Å². The Bertz CT molecular complexity index is 969. The minimum atomic E-state index is -0.481. The highest BCUT2D eigenvalue weighted by molar-refractivity contribution is 5.97. The Morgan fingerprint density at radius 3 is 2.14 bits per heavy atom. The summed E-state index contributed by atoms with van der Waals surface area (Å²) in [5.41, 5.74) is 2.42. The number of aromatic nitrogens is 1. The van der Waals surface area contributed by atoms with Crippen molar-refractivity contribution in [2.45, 2.75) is 13.0 Å². The highest BCUT2D eigenvalue weighted by atomic mass is 16.5. The third-order valence-corrected chi connectivity index (χ3v) is 4.10. The normalized spacial score (nSPS) is 10.2. The number of nitrogens with zero attached hydrogens (tertiary/aromatic N) is 1. The molecule has 3 aromatic rings. The number of Topliss-reactive ketones (excluding diaryl/α,β-unsaturated/α-hetero) is 1. The lowest BCUT2D eigenvalue weighted by molar-refractivity contribution is -0.141. The summed E-state index contributed by atoms with van der Waals surface area (Å²) in [6.45, 7) is -0.171. The van der Waals surface area contributed by atoms with Gasteiger partial charge in [-0.25, -0.2) is 4.79 Å². The van der Waals surface area contributed by atoms with Gasteiger partial charge in [-0.2, -0.15) is 0 Å². The molecule has 0 aliphatic heterocycles. The van der Waals surface area contributed by atoms with Crippen molar-refractivity contribution in [3.8, 4) is 0 Å². The summed E-state index contributed by atoms with van der Waals surface area (Å²) >= 11 is 0. The fourth-order valence-electron chi connectivity index (χ4n) is 2.54. The average molecular weight is 389 g/mol. The van der Waals surface area contributed by atoms with Gasteiger partial charge >= 0.3 is 11.9 Å². The molecule has 6 nitrogen and oxygen atoms in total. The minimum absolute atomic E-state index is 0.0534. The molecule has 3 rings (SSSR count). The first-order chi connectivity index (χ1) is 14.1. The van der Waals surface area contributed by atoms with E-state index >= 15 is 0 Å². The van der Waals surface area contributed by atoms with E-state index < -0.39 is 11.9 Å². The molecule has 6 heteroatoms. The maximum absolute atomic E-state index is 12.0. The third-order valence-electron chi connectivity index (χ3n) is 4.10. The first-order valence-electron chi connectivity index (χ1n) is 9.00. The Morgan fingerprint density at radius 1 is 0.759 bits per heavy atom. The molecule has 0 saturated heterocycles. The van der Waals surface area contributed by atoms with Crippen LogP contribution in [-0.2, 0) is 27.3 Å². The number of carbonyl (C=O) groups is 3. The molecule has 29 heavy (non-hydrogen) atoms. The standard InChI is InChI=1S/C23H19NO5/c25-21(19-5-2-1-3-6-19)16-28-22(26)13-17-8-10-18(11-9-17)15-29-23(27)20-7-4-12-24-14-20/h1-12,14H,13,15-16H2. The molecule has 0 saturated carbocycles. The summed E-state index contributed by atoms with van der Waals surface area (Å²) < 4.78 is 10.3. The molecule has 146 valence electrons. The summed E-state index contributed by atoms with van der Waals surface area (Å²) in [5.74, 6) is -1.18. The van der Waals surface area contributed by atoms with Crippen LogP contribution in [0.4, 0.5) is 0 Å². The van der Waals surface area contributed by atoms with Crippen LogP contribution >= 0.6 is 0 Å². The molecule has 0 aliphatic rings. The molecule has 0 unspecified atom stereocenters. The Hall–Kier alpha value is -3.80. The van der Waals surface area contributed by atoms with Gasteiger partial charge in [-0.3, -0.25) is 14.6 Å². The molecule has 0 atom stereocenters. The molecule has 0 fully saturated rings. The number of ether oxygens (including phenoxy) is 2. The van der Waals surface area contributed by atoms with E-state index in [1.807, 2.05) is 6.07 Å². The van der Waals surface area contributed by atoms with Gasteiger partial charge in [-0.1, -0.05) is 54.6 Å². The van der Waals surface area contributed by atoms with Gasteiger partial charge in [0.25, 0.3) is 0 Å². The van der Waals surface area contributed by atoms with Crippen molar-refractivity contribution in [3.05, 3.63) is 101 Å². The first kappa shape index (κ1) is 19.9. The van der Waals surface area contributed by atoms with E-state index in [9.17, 15) is 14.4 Å². The maximum atomic E-state index is 12.0. The number of benzene rings is 2. The van der Waals surface area contributed by atoms with Crippen molar-refractivity contribution in [1.82, 2.24) is 4.98 Å². The largest absolute Gasteiger partial charge is 0.457 e. The van der Waals surface area contributed by atoms with Gasteiger partial charge in [0.1, 0.15) is 6.61 Å². The molecule has 0 bridgehead atoms. The fraction of sp³-hybridized carbons (Fsp3) is 0.130. The van der Waals surface area contributed by atoms with Gasteiger partial charge in [-0.05, 0) is 23.3 Å². The Morgan fingerprint density at radius 2 is 1.45 bits per heavy atom. The van der Waals surface area contributed by atoms with Gasteiger partial charge < -0.3 is 9.47 Å². The van der Waals surface area contributed by atoms with Gasteiger partial charge in [0.15, 0.2) is 12.4 Å². The zero-order valence-corrected chi connectivity index (χ0v) is 15.6. The molecule has 0 aliphatic carbocycles. The molecule has 0 N–H and O–H groups in total. The van der Waals surface area contributed by atoms with E-state index in [2.05, 4.69) is 4.98 Å². The van der Waals surface area contributed by atoms with E-state index in [0.29, 0.717) is 11.1 Å². The monoisotopic (exact) mass is 389 g/mol. The van der Waals surface area contributed by atoms with E-state index in [0.717, 1.165) is 11.1 Å². The van der Waals surface area contributed by atoms with Crippen molar-refractivity contribution in [1.29, 1.82) is 0 Å². The average Bonchev–Trinajstić information content (AvgIpc) is 2.78. The summed E-state index contributed by atoms with van der Waals surface area (Å²) in [4.78, 5) is 39.7. The van der Waals surface area contributed by atoms with Crippen LogP contribution < -0.4 is 0 Å². The van der Waals surface area contributed by atoms with E-state index in [1.54, 1.807) is 66.9 Å². The lowest BCUT2D eigenvalue weighted by atomic mass is 10.1. The predicted molar refractivity (Wildman–Crippen MR) is 105 cm³/mol. The first-order valence-corrected chi connectivity index (χ1v) is 9.00. The highest BCUT2D eigenvalue weighted by Gasteiger charge is 2.11. The molecular weight excluding hydrogens is 370 g/mol. The van der Waals surface area contributed by atoms with Crippen LogP contribution in [0, 0.1) is 0 Å². The number of hydrogen-bond acceptors (Lipinski definition) is 6. The van der Waals surface area contributed by atoms with Crippen LogP contribution in [0.1, 0.15) is 31.8 Å². The van der Waals surface area contributed by atoms with Crippen molar-refractivity contribution in [3.63, 3.8) is 0 Å². The van der Waals surface area contributed by atoms with Crippen LogP contribution in [-0.4, -0.2) is 29.3 Å². The summed E-state index contributed by atoms with van der Waals surface area (Å²) in [6.07, 6.45) is 3.08. The van der Waals surface area contributed by atoms with E-state index in [-0.39, 0.29) is 25.4 Å². The predicted octanol–water partition coefficient (Wildman–Crippen LogP) is 3.41. The Balaban J connectivity index is 1.44. The van der Waals surface area contributed by atoms with Crippen molar-refractivity contribution < 1.29 is 23.9 Å². The topological polar surface area (TPSA) is 82.6 Å². The lowest BCUT2D eigenvalue weighted by Crippen LogP contribution is -2.15. The van der Waals surface area contributed by atoms with Crippen molar-refractivity contribution in [2.24, 2.45) is 0 Å². The van der Waals surface area contributed by atoms with Gasteiger partial charge in [0.2, 0.25) is 0 Å². The maximum Gasteiger partial charge on any atom is 0.340 e. The van der Waals surface area contributed by atoms with Crippen molar-refractivity contribution in [2.75, 3.05) is 6.61 Å². The van der Waals surface area contributed by atoms with Gasteiger partial charge in [0.05, 0.1) is 12.0 Å². The van der Waals surface area contributed by atoms with Crippen LogP contribution in [0.15, 0.2) is 79.1 Å². The molecule has 0 spiro atoms. The summed E-state index contributed by atoms with van der Waals surface area (Å²) in [7, 11) is 0. The highest BCUT2D eigenvalue weighted by Crippen LogP contribution is 2.09. The molecule has 0 amide bonds. The second kappa shape index (κ2) is 9.94. The second-order valence-electron chi connectivity index (χ2n) is 6.26. The molecular formula is C23H19NO5. The molecule has 0 radical (unpaired) electrons. The third kappa shape index (κ3) is 6.10. The smallest absolute Gasteiger partial charge is 0.340 e. The number of esters is 2. The van der Waals surface area contributed by atoms with Crippen molar-refractivity contribution >= 4 is 17.7 Å².